The van der Waals surface area contributed by atoms with E-state index in [0.717, 1.165) is 5.92 Å². The molecule has 17 heavy (non-hydrogen) atoms. The van der Waals surface area contributed by atoms with Gasteiger partial charge in [-0.3, -0.25) is 0 Å². The number of hydrogen-bond donors (Lipinski definition) is 1. The monoisotopic (exact) mass is 343 g/mol. The quantitative estimate of drug-likeness (QED) is 0.754. The molecule has 1 nitrogen and oxygen atoms in total. The predicted octanol–water partition coefficient (Wildman–Crippen LogP) is 5.06. The predicted molar refractivity (Wildman–Crippen MR) is 83.4 cm³/mol. The first-order chi connectivity index (χ1) is 8.28. The molecule has 1 aromatic carbocycles. The first kappa shape index (κ1) is 13.2. The Morgan fingerprint density at radius 1 is 1.12 bits per heavy atom. The molecule has 1 N–H and O–H groups in total. The van der Waals surface area contributed by atoms with E-state index >= 15 is 0 Å². The fourth-order valence-corrected chi connectivity index (χ4v) is 3.15. The Morgan fingerprint density at radius 3 is 2.35 bits per heavy atom. The van der Waals surface area contributed by atoms with Crippen LogP contribution < -0.4 is 5.32 Å². The second-order valence-electron chi connectivity index (χ2n) is 5.16. The molecule has 1 saturated carbocycles. The van der Waals surface area contributed by atoms with Crippen molar-refractivity contribution in [3.8, 4) is 0 Å². The minimum absolute atomic E-state index is 0.697. The number of anilines is 1. The largest absolute Gasteiger partial charge is 0.382 e. The Labute approximate surface area is 119 Å². The van der Waals surface area contributed by atoms with Gasteiger partial charge in [0, 0.05) is 15.3 Å². The SMILES string of the molecule is CCCC1CCC(Nc2ccc(I)cc2)CC1. The first-order valence-corrected chi connectivity index (χ1v) is 7.88. The maximum absolute atomic E-state index is 3.67. The average molecular weight is 343 g/mol. The van der Waals surface area contributed by atoms with Crippen LogP contribution in [-0.2, 0) is 0 Å². The molecule has 0 amide bonds. The van der Waals surface area contributed by atoms with Crippen LogP contribution in [0, 0.1) is 9.49 Å². The van der Waals surface area contributed by atoms with E-state index in [9.17, 15) is 0 Å². The van der Waals surface area contributed by atoms with Crippen LogP contribution in [0.5, 0.6) is 0 Å². The van der Waals surface area contributed by atoms with E-state index in [1.165, 1.54) is 47.8 Å². The van der Waals surface area contributed by atoms with Gasteiger partial charge in [-0.05, 0) is 78.5 Å². The van der Waals surface area contributed by atoms with Gasteiger partial charge in [-0.25, -0.2) is 0 Å². The highest BCUT2D eigenvalue weighted by atomic mass is 127. The molecule has 1 aliphatic rings. The molecule has 0 aliphatic heterocycles. The van der Waals surface area contributed by atoms with Gasteiger partial charge in [0.2, 0.25) is 0 Å². The van der Waals surface area contributed by atoms with Gasteiger partial charge in [0.05, 0.1) is 0 Å². The van der Waals surface area contributed by atoms with Crippen molar-refractivity contribution < 1.29 is 0 Å². The van der Waals surface area contributed by atoms with Gasteiger partial charge in [-0.15, -0.1) is 0 Å². The van der Waals surface area contributed by atoms with Crippen LogP contribution in [0.4, 0.5) is 5.69 Å². The van der Waals surface area contributed by atoms with Crippen LogP contribution in [0.2, 0.25) is 0 Å². The molecule has 0 saturated heterocycles. The zero-order valence-electron chi connectivity index (χ0n) is 10.6. The van der Waals surface area contributed by atoms with Crippen LogP contribution >= 0.6 is 22.6 Å². The summed E-state index contributed by atoms with van der Waals surface area (Å²) in [4.78, 5) is 0. The summed E-state index contributed by atoms with van der Waals surface area (Å²) in [6, 6.07) is 9.43. The van der Waals surface area contributed by atoms with Crippen LogP contribution in [0.15, 0.2) is 24.3 Å². The summed E-state index contributed by atoms with van der Waals surface area (Å²) in [5, 5.41) is 3.67. The lowest BCUT2D eigenvalue weighted by atomic mass is 9.83. The second kappa shape index (κ2) is 6.62. The van der Waals surface area contributed by atoms with Gasteiger partial charge < -0.3 is 5.32 Å². The molecule has 0 atom stereocenters. The maximum Gasteiger partial charge on any atom is 0.0343 e. The molecular weight excluding hydrogens is 321 g/mol. The van der Waals surface area contributed by atoms with Crippen molar-refractivity contribution in [3.05, 3.63) is 27.8 Å². The summed E-state index contributed by atoms with van der Waals surface area (Å²) in [6.45, 7) is 2.30. The topological polar surface area (TPSA) is 12.0 Å². The number of nitrogens with one attached hydrogen (secondary N) is 1. The summed E-state index contributed by atoms with van der Waals surface area (Å²) in [7, 11) is 0. The Hall–Kier alpha value is -0.250. The van der Waals surface area contributed by atoms with E-state index in [-0.39, 0.29) is 0 Å². The molecule has 2 rings (SSSR count). The number of halogens is 1. The molecule has 0 radical (unpaired) electrons. The smallest absolute Gasteiger partial charge is 0.0343 e. The summed E-state index contributed by atoms with van der Waals surface area (Å²) in [5.74, 6) is 0.995. The Bertz CT molecular complexity index is 325. The van der Waals surface area contributed by atoms with Crippen LogP contribution in [-0.4, -0.2) is 6.04 Å². The Kier molecular flexibility index (Phi) is 5.14. The third kappa shape index (κ3) is 4.16. The zero-order valence-corrected chi connectivity index (χ0v) is 12.7. The molecule has 0 bridgehead atoms. The fraction of sp³-hybridized carbons (Fsp3) is 0.600. The zero-order chi connectivity index (χ0) is 12.1. The van der Waals surface area contributed by atoms with E-state index in [0.29, 0.717) is 6.04 Å². The minimum atomic E-state index is 0.697. The highest BCUT2D eigenvalue weighted by molar-refractivity contribution is 14.1. The summed E-state index contributed by atoms with van der Waals surface area (Å²) >= 11 is 2.35. The maximum atomic E-state index is 3.67. The van der Waals surface area contributed by atoms with Crippen LogP contribution in [0.3, 0.4) is 0 Å². The van der Waals surface area contributed by atoms with Crippen LogP contribution in [0.1, 0.15) is 45.4 Å². The lowest BCUT2D eigenvalue weighted by molar-refractivity contribution is 0.319. The van der Waals surface area contributed by atoms with Gasteiger partial charge in [0.25, 0.3) is 0 Å². The molecule has 0 spiro atoms. The summed E-state index contributed by atoms with van der Waals surface area (Å²) in [5.41, 5.74) is 1.28. The van der Waals surface area contributed by atoms with Crippen molar-refractivity contribution in [2.75, 3.05) is 5.32 Å². The molecule has 0 unspecified atom stereocenters. The average Bonchev–Trinajstić information content (AvgIpc) is 2.35. The summed E-state index contributed by atoms with van der Waals surface area (Å²) in [6.07, 6.45) is 8.29. The molecule has 1 fully saturated rings. The van der Waals surface area contributed by atoms with Crippen molar-refractivity contribution in [2.45, 2.75) is 51.5 Å². The highest BCUT2D eigenvalue weighted by Crippen LogP contribution is 2.29. The van der Waals surface area contributed by atoms with Crippen molar-refractivity contribution in [1.82, 2.24) is 0 Å². The van der Waals surface area contributed by atoms with Gasteiger partial charge in [-0.2, -0.15) is 0 Å². The molecule has 1 aromatic rings. The van der Waals surface area contributed by atoms with E-state index in [1.54, 1.807) is 0 Å². The van der Waals surface area contributed by atoms with Crippen LogP contribution in [0.25, 0.3) is 0 Å². The molecule has 94 valence electrons. The normalized spacial score (nSPS) is 24.6. The lowest BCUT2D eigenvalue weighted by Gasteiger charge is -2.29. The van der Waals surface area contributed by atoms with E-state index < -0.39 is 0 Å². The third-order valence-electron chi connectivity index (χ3n) is 3.76. The van der Waals surface area contributed by atoms with Crippen molar-refractivity contribution >= 4 is 28.3 Å². The van der Waals surface area contributed by atoms with Gasteiger partial charge >= 0.3 is 0 Å². The van der Waals surface area contributed by atoms with Crippen molar-refractivity contribution in [1.29, 1.82) is 0 Å². The van der Waals surface area contributed by atoms with Crippen molar-refractivity contribution in [2.24, 2.45) is 5.92 Å². The minimum Gasteiger partial charge on any atom is -0.382 e. The number of hydrogen-bond acceptors (Lipinski definition) is 1. The second-order valence-corrected chi connectivity index (χ2v) is 6.40. The third-order valence-corrected chi connectivity index (χ3v) is 4.48. The summed E-state index contributed by atoms with van der Waals surface area (Å²) < 4.78 is 1.31. The number of benzene rings is 1. The molecular formula is C15H22IN. The first-order valence-electron chi connectivity index (χ1n) is 6.80. The Balaban J connectivity index is 1.79. The molecule has 0 heterocycles. The van der Waals surface area contributed by atoms with Gasteiger partial charge in [0.15, 0.2) is 0 Å². The fourth-order valence-electron chi connectivity index (χ4n) is 2.79. The molecule has 1 aliphatic carbocycles. The molecule has 0 aromatic heterocycles. The molecule has 2 heteroatoms. The van der Waals surface area contributed by atoms with Gasteiger partial charge in [0.1, 0.15) is 0 Å². The van der Waals surface area contributed by atoms with E-state index in [2.05, 4.69) is 59.1 Å². The van der Waals surface area contributed by atoms with Gasteiger partial charge in [-0.1, -0.05) is 19.8 Å². The lowest BCUT2D eigenvalue weighted by Crippen LogP contribution is -2.26. The standard InChI is InChI=1S/C15H22IN/c1-2-3-12-4-8-14(9-5-12)17-15-10-6-13(16)7-11-15/h6-7,10-12,14,17H,2-5,8-9H2,1H3. The van der Waals surface area contributed by atoms with E-state index in [1.807, 2.05) is 0 Å². The van der Waals surface area contributed by atoms with E-state index in [4.69, 9.17) is 0 Å². The number of rotatable bonds is 4. The van der Waals surface area contributed by atoms with Crippen molar-refractivity contribution in [3.63, 3.8) is 0 Å². The highest BCUT2D eigenvalue weighted by Gasteiger charge is 2.20. The Morgan fingerprint density at radius 2 is 1.76 bits per heavy atom.